The number of carbonyl (C=O) groups excluding carboxylic acids is 1. The van der Waals surface area contributed by atoms with E-state index in [0.717, 1.165) is 5.75 Å². The molecular weight excluding hydrogens is 334 g/mol. The number of benzene rings is 2. The highest BCUT2D eigenvalue weighted by Gasteiger charge is 2.24. The van der Waals surface area contributed by atoms with Gasteiger partial charge in [0.2, 0.25) is 5.89 Å². The van der Waals surface area contributed by atoms with Gasteiger partial charge in [-0.05, 0) is 44.2 Å². The SMILES string of the molecule is Cc1nc(-c2cccc(Oc3ccccc3)c2)oc1C(C)N(O)C(N)=O. The third-order valence-corrected chi connectivity index (χ3v) is 3.86. The Kier molecular flexibility index (Phi) is 4.90. The summed E-state index contributed by atoms with van der Waals surface area (Å²) in [5, 5.41) is 10.1. The molecule has 134 valence electrons. The van der Waals surface area contributed by atoms with Gasteiger partial charge in [0, 0.05) is 5.56 Å². The van der Waals surface area contributed by atoms with E-state index >= 15 is 0 Å². The van der Waals surface area contributed by atoms with Crippen molar-refractivity contribution < 1.29 is 19.2 Å². The molecule has 0 aliphatic heterocycles. The van der Waals surface area contributed by atoms with Crippen LogP contribution in [0.5, 0.6) is 11.5 Å². The predicted octanol–water partition coefficient (Wildman–Crippen LogP) is 4.27. The van der Waals surface area contributed by atoms with Gasteiger partial charge in [-0.1, -0.05) is 24.3 Å². The summed E-state index contributed by atoms with van der Waals surface area (Å²) in [6.07, 6.45) is 0. The molecule has 26 heavy (non-hydrogen) atoms. The highest BCUT2D eigenvalue weighted by Crippen LogP contribution is 2.31. The molecule has 0 aliphatic rings. The van der Waals surface area contributed by atoms with Gasteiger partial charge < -0.3 is 14.9 Å². The molecule has 7 heteroatoms. The topological polar surface area (TPSA) is 102 Å². The van der Waals surface area contributed by atoms with Gasteiger partial charge in [-0.25, -0.2) is 9.78 Å². The molecule has 1 heterocycles. The summed E-state index contributed by atoms with van der Waals surface area (Å²) in [7, 11) is 0. The van der Waals surface area contributed by atoms with Crippen LogP contribution in [0.25, 0.3) is 11.5 Å². The van der Waals surface area contributed by atoms with Crippen molar-refractivity contribution in [2.24, 2.45) is 5.73 Å². The number of primary amides is 1. The molecule has 1 aromatic heterocycles. The number of oxazole rings is 1. The Morgan fingerprint density at radius 3 is 2.58 bits per heavy atom. The van der Waals surface area contributed by atoms with Crippen LogP contribution >= 0.6 is 0 Å². The number of nitrogens with two attached hydrogens (primary N) is 1. The van der Waals surface area contributed by atoms with Crippen LogP contribution in [0.15, 0.2) is 59.0 Å². The molecule has 0 bridgehead atoms. The van der Waals surface area contributed by atoms with Crippen molar-refractivity contribution >= 4 is 6.03 Å². The summed E-state index contributed by atoms with van der Waals surface area (Å²) in [6.45, 7) is 3.33. The minimum absolute atomic E-state index is 0.357. The molecule has 7 nitrogen and oxygen atoms in total. The molecule has 3 aromatic rings. The van der Waals surface area contributed by atoms with Crippen molar-refractivity contribution in [1.82, 2.24) is 10.0 Å². The fourth-order valence-electron chi connectivity index (χ4n) is 2.54. The normalized spacial score (nSPS) is 11.8. The summed E-state index contributed by atoms with van der Waals surface area (Å²) < 4.78 is 11.6. The highest BCUT2D eigenvalue weighted by atomic mass is 16.5. The number of hydrogen-bond donors (Lipinski definition) is 2. The minimum atomic E-state index is -0.965. The number of aryl methyl sites for hydroxylation is 1. The maximum absolute atomic E-state index is 11.1. The monoisotopic (exact) mass is 353 g/mol. The Morgan fingerprint density at radius 2 is 1.88 bits per heavy atom. The average molecular weight is 353 g/mol. The van der Waals surface area contributed by atoms with Crippen molar-refractivity contribution in [3.05, 3.63) is 66.1 Å². The van der Waals surface area contributed by atoms with Crippen molar-refractivity contribution in [1.29, 1.82) is 0 Å². The quantitative estimate of drug-likeness (QED) is 0.527. The Labute approximate surface area is 150 Å². The Bertz CT molecular complexity index is 908. The van der Waals surface area contributed by atoms with E-state index in [1.54, 1.807) is 19.9 Å². The van der Waals surface area contributed by atoms with Crippen LogP contribution < -0.4 is 10.5 Å². The number of amides is 2. The number of nitrogens with zero attached hydrogens (tertiary/aromatic N) is 2. The van der Waals surface area contributed by atoms with E-state index in [0.29, 0.717) is 33.7 Å². The van der Waals surface area contributed by atoms with Gasteiger partial charge in [0.1, 0.15) is 17.5 Å². The lowest BCUT2D eigenvalue weighted by molar-refractivity contribution is -0.0762. The van der Waals surface area contributed by atoms with E-state index in [-0.39, 0.29) is 0 Å². The van der Waals surface area contributed by atoms with Gasteiger partial charge in [0.05, 0.1) is 5.69 Å². The molecule has 2 aromatic carbocycles. The lowest BCUT2D eigenvalue weighted by atomic mass is 10.2. The van der Waals surface area contributed by atoms with E-state index in [1.807, 2.05) is 48.5 Å². The van der Waals surface area contributed by atoms with Gasteiger partial charge >= 0.3 is 6.03 Å². The minimum Gasteiger partial charge on any atom is -0.457 e. The van der Waals surface area contributed by atoms with E-state index in [2.05, 4.69) is 4.98 Å². The highest BCUT2D eigenvalue weighted by molar-refractivity contribution is 5.71. The number of urea groups is 1. The van der Waals surface area contributed by atoms with Crippen molar-refractivity contribution in [2.45, 2.75) is 19.9 Å². The van der Waals surface area contributed by atoms with Crippen LogP contribution in [-0.2, 0) is 0 Å². The molecular formula is C19H19N3O4. The maximum atomic E-state index is 11.1. The molecule has 3 N–H and O–H groups in total. The van der Waals surface area contributed by atoms with Crippen LogP contribution in [0.1, 0.15) is 24.4 Å². The summed E-state index contributed by atoms with van der Waals surface area (Å²) in [4.78, 5) is 15.5. The van der Waals surface area contributed by atoms with Gasteiger partial charge in [-0.2, -0.15) is 5.06 Å². The number of carbonyl (C=O) groups is 1. The zero-order valence-corrected chi connectivity index (χ0v) is 14.4. The fraction of sp³-hybridized carbons (Fsp3) is 0.158. The Morgan fingerprint density at radius 1 is 1.19 bits per heavy atom. The van der Waals surface area contributed by atoms with Crippen LogP contribution in [-0.4, -0.2) is 21.3 Å². The maximum Gasteiger partial charge on any atom is 0.339 e. The van der Waals surface area contributed by atoms with Crippen LogP contribution in [0.4, 0.5) is 4.79 Å². The summed E-state index contributed by atoms with van der Waals surface area (Å²) in [5.41, 5.74) is 6.36. The third-order valence-electron chi connectivity index (χ3n) is 3.86. The second-order valence-corrected chi connectivity index (χ2v) is 5.77. The summed E-state index contributed by atoms with van der Waals surface area (Å²) in [6, 6.07) is 15.0. The van der Waals surface area contributed by atoms with Gasteiger partial charge in [0.15, 0.2) is 5.76 Å². The molecule has 0 radical (unpaired) electrons. The number of hydroxylamine groups is 2. The Balaban J connectivity index is 1.87. The predicted molar refractivity (Wildman–Crippen MR) is 94.8 cm³/mol. The number of aromatic nitrogens is 1. The number of hydrogen-bond acceptors (Lipinski definition) is 5. The molecule has 0 spiro atoms. The zero-order chi connectivity index (χ0) is 18.7. The van der Waals surface area contributed by atoms with Gasteiger partial charge in [0.25, 0.3) is 0 Å². The smallest absolute Gasteiger partial charge is 0.339 e. The first-order chi connectivity index (χ1) is 12.5. The molecule has 2 amide bonds. The van der Waals surface area contributed by atoms with E-state index in [4.69, 9.17) is 14.9 Å². The number of rotatable bonds is 5. The summed E-state index contributed by atoms with van der Waals surface area (Å²) >= 11 is 0. The first-order valence-electron chi connectivity index (χ1n) is 8.04. The molecule has 0 saturated carbocycles. The first kappa shape index (κ1) is 17.5. The lowest BCUT2D eigenvalue weighted by Gasteiger charge is -2.18. The second kappa shape index (κ2) is 7.28. The van der Waals surface area contributed by atoms with Crippen molar-refractivity contribution in [3.63, 3.8) is 0 Å². The standard InChI is InChI=1S/C19H19N3O4/c1-12-17(13(2)22(24)19(20)23)26-18(21-12)14-7-6-10-16(11-14)25-15-8-4-3-5-9-15/h3-11,13,24H,1-2H3,(H2,20,23). The molecule has 0 fully saturated rings. The van der Waals surface area contributed by atoms with Crippen LogP contribution in [0.3, 0.4) is 0 Å². The van der Waals surface area contributed by atoms with Gasteiger partial charge in [-0.15, -0.1) is 0 Å². The summed E-state index contributed by atoms with van der Waals surface area (Å²) in [5.74, 6) is 2.08. The fourth-order valence-corrected chi connectivity index (χ4v) is 2.54. The average Bonchev–Trinajstić information content (AvgIpc) is 3.03. The number of para-hydroxylation sites is 1. The van der Waals surface area contributed by atoms with Crippen molar-refractivity contribution in [3.8, 4) is 23.0 Å². The molecule has 1 unspecified atom stereocenters. The molecule has 3 rings (SSSR count). The lowest BCUT2D eigenvalue weighted by Crippen LogP contribution is -2.34. The largest absolute Gasteiger partial charge is 0.457 e. The molecule has 1 atom stereocenters. The van der Waals surface area contributed by atoms with Crippen molar-refractivity contribution in [2.75, 3.05) is 0 Å². The van der Waals surface area contributed by atoms with E-state index < -0.39 is 12.1 Å². The Hall–Kier alpha value is -3.32. The van der Waals surface area contributed by atoms with E-state index in [9.17, 15) is 10.0 Å². The molecule has 0 aliphatic carbocycles. The second-order valence-electron chi connectivity index (χ2n) is 5.77. The van der Waals surface area contributed by atoms with Crippen LogP contribution in [0.2, 0.25) is 0 Å². The van der Waals surface area contributed by atoms with Gasteiger partial charge in [-0.3, -0.25) is 5.21 Å². The zero-order valence-electron chi connectivity index (χ0n) is 14.4. The van der Waals surface area contributed by atoms with Crippen LogP contribution in [0, 0.1) is 6.92 Å². The third kappa shape index (κ3) is 3.68. The van der Waals surface area contributed by atoms with E-state index in [1.165, 1.54) is 0 Å². The first-order valence-corrected chi connectivity index (χ1v) is 8.04. The number of ether oxygens (including phenoxy) is 1. The molecule has 0 saturated heterocycles.